The van der Waals surface area contributed by atoms with E-state index in [0.717, 1.165) is 10.2 Å². The molecule has 0 radical (unpaired) electrons. The molecule has 0 saturated heterocycles. The zero-order chi connectivity index (χ0) is 15.2. The molecule has 110 valence electrons. The summed E-state index contributed by atoms with van der Waals surface area (Å²) in [5.41, 5.74) is -0.0715. The van der Waals surface area contributed by atoms with Gasteiger partial charge in [-0.25, -0.2) is 0 Å². The summed E-state index contributed by atoms with van der Waals surface area (Å²) in [5.74, 6) is 1.11. The van der Waals surface area contributed by atoms with Gasteiger partial charge in [-0.05, 0) is 24.3 Å². The summed E-state index contributed by atoms with van der Waals surface area (Å²) in [7, 11) is 0. The summed E-state index contributed by atoms with van der Waals surface area (Å²) in [6.45, 7) is 0.619. The van der Waals surface area contributed by atoms with E-state index in [-0.39, 0.29) is 17.3 Å². The lowest BCUT2D eigenvalue weighted by Gasteiger charge is -2.09. The highest BCUT2D eigenvalue weighted by Gasteiger charge is 2.10. The van der Waals surface area contributed by atoms with Crippen LogP contribution in [-0.2, 0) is 0 Å². The van der Waals surface area contributed by atoms with Crippen molar-refractivity contribution in [1.29, 1.82) is 0 Å². The van der Waals surface area contributed by atoms with Crippen LogP contribution in [0.5, 0.6) is 11.5 Å². The molecule has 0 atom stereocenters. The molecule has 5 nitrogen and oxygen atoms in total. The van der Waals surface area contributed by atoms with Crippen LogP contribution < -0.4 is 9.47 Å². The fraction of sp³-hybridized carbons (Fsp3) is 0.143. The van der Waals surface area contributed by atoms with Gasteiger partial charge in [0.2, 0.25) is 0 Å². The van der Waals surface area contributed by atoms with Crippen LogP contribution in [0.4, 0.5) is 5.69 Å². The molecule has 0 aliphatic carbocycles. The Balaban J connectivity index is 1.85. The fourth-order valence-electron chi connectivity index (χ4n) is 1.59. The van der Waals surface area contributed by atoms with Crippen molar-refractivity contribution in [2.45, 2.75) is 0 Å². The zero-order valence-electron chi connectivity index (χ0n) is 10.8. The van der Waals surface area contributed by atoms with Crippen LogP contribution in [0.1, 0.15) is 0 Å². The third kappa shape index (κ3) is 4.61. The van der Waals surface area contributed by atoms with Crippen molar-refractivity contribution in [3.63, 3.8) is 0 Å². The van der Waals surface area contributed by atoms with E-state index < -0.39 is 4.92 Å². The van der Waals surface area contributed by atoms with Crippen LogP contribution in [0.25, 0.3) is 0 Å². The molecule has 0 bridgehead atoms. The van der Waals surface area contributed by atoms with Crippen molar-refractivity contribution in [3.8, 4) is 11.5 Å². The molecule has 2 rings (SSSR count). The quantitative estimate of drug-likeness (QED) is 0.426. The Morgan fingerprint density at radius 2 is 1.90 bits per heavy atom. The number of rotatable bonds is 6. The minimum atomic E-state index is -0.508. The minimum Gasteiger partial charge on any atom is -0.490 e. The first-order chi connectivity index (χ1) is 10.1. The van der Waals surface area contributed by atoms with E-state index in [1.165, 1.54) is 18.2 Å². The number of ether oxygens (including phenoxy) is 2. The molecule has 0 fully saturated rings. The highest BCUT2D eigenvalue weighted by Crippen LogP contribution is 2.28. The Bertz CT molecular complexity index is 651. The monoisotopic (exact) mass is 371 g/mol. The molecule has 0 amide bonds. The lowest BCUT2D eigenvalue weighted by molar-refractivity contribution is -0.384. The highest BCUT2D eigenvalue weighted by molar-refractivity contribution is 9.10. The molecule has 7 heteroatoms. The third-order valence-corrected chi connectivity index (χ3v) is 3.32. The fourth-order valence-corrected chi connectivity index (χ4v) is 2.20. The highest BCUT2D eigenvalue weighted by atomic mass is 79.9. The first kappa shape index (κ1) is 15.6. The maximum Gasteiger partial charge on any atom is 0.271 e. The summed E-state index contributed by atoms with van der Waals surface area (Å²) in [4.78, 5) is 10.1. The molecule has 0 aliphatic rings. The Labute approximate surface area is 134 Å². The van der Waals surface area contributed by atoms with Crippen molar-refractivity contribution in [3.05, 3.63) is 62.1 Å². The number of benzene rings is 2. The topological polar surface area (TPSA) is 61.6 Å². The number of hydrogen-bond donors (Lipinski definition) is 0. The van der Waals surface area contributed by atoms with Gasteiger partial charge in [-0.15, -0.1) is 0 Å². The molecule has 2 aromatic carbocycles. The van der Waals surface area contributed by atoms with E-state index in [1.54, 1.807) is 0 Å². The number of hydrogen-bond acceptors (Lipinski definition) is 4. The predicted octanol–water partition coefficient (Wildman–Crippen LogP) is 4.47. The molecule has 0 aromatic heterocycles. The van der Waals surface area contributed by atoms with Crippen LogP contribution in [0.2, 0.25) is 5.02 Å². The van der Waals surface area contributed by atoms with Crippen LogP contribution in [0.15, 0.2) is 46.9 Å². The first-order valence-corrected chi connectivity index (χ1v) is 7.18. The van der Waals surface area contributed by atoms with Gasteiger partial charge in [0.25, 0.3) is 5.69 Å². The summed E-state index contributed by atoms with van der Waals surface area (Å²) in [5, 5.41) is 10.8. The lowest BCUT2D eigenvalue weighted by Crippen LogP contribution is -2.09. The number of non-ortho nitro benzene ring substituents is 1. The van der Waals surface area contributed by atoms with Crippen LogP contribution in [0.3, 0.4) is 0 Å². The maximum atomic E-state index is 10.6. The first-order valence-electron chi connectivity index (χ1n) is 6.01. The van der Waals surface area contributed by atoms with Gasteiger partial charge in [-0.2, -0.15) is 0 Å². The molecule has 0 aliphatic heterocycles. The van der Waals surface area contributed by atoms with Crippen LogP contribution >= 0.6 is 27.5 Å². The molecular formula is C14H11BrClNO4. The van der Waals surface area contributed by atoms with E-state index in [2.05, 4.69) is 15.9 Å². The summed E-state index contributed by atoms with van der Waals surface area (Å²) >= 11 is 9.27. The van der Waals surface area contributed by atoms with Crippen molar-refractivity contribution >= 4 is 33.2 Å². The van der Waals surface area contributed by atoms with Gasteiger partial charge in [0.15, 0.2) is 0 Å². The van der Waals surface area contributed by atoms with Gasteiger partial charge >= 0.3 is 0 Å². The largest absolute Gasteiger partial charge is 0.490 e. The van der Waals surface area contributed by atoms with E-state index in [1.807, 2.05) is 24.3 Å². The molecule has 0 unspecified atom stereocenters. The van der Waals surface area contributed by atoms with Gasteiger partial charge < -0.3 is 9.47 Å². The SMILES string of the molecule is O=[N+]([O-])c1ccc(OCCOc2cccc(Br)c2)c(Cl)c1. The molecule has 0 spiro atoms. The van der Waals surface area contributed by atoms with Crippen molar-refractivity contribution in [2.75, 3.05) is 13.2 Å². The normalized spacial score (nSPS) is 10.2. The number of halogens is 2. The second kappa shape index (κ2) is 7.28. The van der Waals surface area contributed by atoms with Crippen molar-refractivity contribution < 1.29 is 14.4 Å². The number of nitro benzene ring substituents is 1. The van der Waals surface area contributed by atoms with Gasteiger partial charge in [0.05, 0.1) is 9.95 Å². The number of nitro groups is 1. The number of nitrogens with zero attached hydrogens (tertiary/aromatic N) is 1. The Morgan fingerprint density at radius 1 is 1.14 bits per heavy atom. The molecule has 21 heavy (non-hydrogen) atoms. The lowest BCUT2D eigenvalue weighted by atomic mass is 10.3. The molecule has 2 aromatic rings. The molecule has 0 saturated carbocycles. The van der Waals surface area contributed by atoms with Gasteiger partial charge in [0, 0.05) is 16.6 Å². The Hall–Kier alpha value is -1.79. The second-order valence-corrected chi connectivity index (χ2v) is 5.35. The Kier molecular flexibility index (Phi) is 5.41. The summed E-state index contributed by atoms with van der Waals surface area (Å²) in [6, 6.07) is 11.5. The van der Waals surface area contributed by atoms with Gasteiger partial charge in [0.1, 0.15) is 24.7 Å². The molecule has 0 N–H and O–H groups in total. The van der Waals surface area contributed by atoms with Crippen LogP contribution in [-0.4, -0.2) is 18.1 Å². The van der Waals surface area contributed by atoms with E-state index in [9.17, 15) is 10.1 Å². The molecular weight excluding hydrogens is 362 g/mol. The van der Waals surface area contributed by atoms with Gasteiger partial charge in [-0.3, -0.25) is 10.1 Å². The van der Waals surface area contributed by atoms with Crippen molar-refractivity contribution in [2.24, 2.45) is 0 Å². The maximum absolute atomic E-state index is 10.6. The van der Waals surface area contributed by atoms with E-state index in [0.29, 0.717) is 12.4 Å². The van der Waals surface area contributed by atoms with Crippen molar-refractivity contribution in [1.82, 2.24) is 0 Å². The predicted molar refractivity (Wildman–Crippen MR) is 83.2 cm³/mol. The van der Waals surface area contributed by atoms with E-state index in [4.69, 9.17) is 21.1 Å². The molecule has 0 heterocycles. The minimum absolute atomic E-state index is 0.0715. The average molecular weight is 373 g/mol. The standard InChI is InChI=1S/C14H11BrClNO4/c15-10-2-1-3-12(8-10)20-6-7-21-14-5-4-11(17(18)19)9-13(14)16/h1-5,8-9H,6-7H2. The summed E-state index contributed by atoms with van der Waals surface area (Å²) in [6.07, 6.45) is 0. The summed E-state index contributed by atoms with van der Waals surface area (Å²) < 4.78 is 11.9. The third-order valence-electron chi connectivity index (χ3n) is 2.53. The Morgan fingerprint density at radius 3 is 2.57 bits per heavy atom. The van der Waals surface area contributed by atoms with Gasteiger partial charge in [-0.1, -0.05) is 33.6 Å². The van der Waals surface area contributed by atoms with E-state index >= 15 is 0 Å². The smallest absolute Gasteiger partial charge is 0.271 e. The van der Waals surface area contributed by atoms with Crippen LogP contribution in [0, 0.1) is 10.1 Å². The average Bonchev–Trinajstić information content (AvgIpc) is 2.45. The zero-order valence-corrected chi connectivity index (χ0v) is 13.1. The second-order valence-electron chi connectivity index (χ2n) is 4.03.